The van der Waals surface area contributed by atoms with E-state index in [1.165, 1.54) is 6.07 Å². The number of aryl methyl sites for hydroxylation is 1. The number of fused-ring (bicyclic) bond motifs is 1. The fraction of sp³-hybridized carbons (Fsp3) is 0.125. The Kier molecular flexibility index (Phi) is 5.75. The molecule has 3 aromatic carbocycles. The number of esters is 1. The third-order valence-corrected chi connectivity index (χ3v) is 4.84. The van der Waals surface area contributed by atoms with Gasteiger partial charge in [0, 0.05) is 17.8 Å². The van der Waals surface area contributed by atoms with Gasteiger partial charge in [-0.25, -0.2) is 14.2 Å². The quantitative estimate of drug-likeness (QED) is 0.482. The maximum atomic E-state index is 13.6. The topological polar surface area (TPSA) is 73.2 Å². The van der Waals surface area contributed by atoms with Crippen LogP contribution in [0.25, 0.3) is 16.7 Å². The first-order chi connectivity index (χ1) is 15.0. The molecular formula is C24H20FN3O3. The number of hydrogen-bond donors (Lipinski definition) is 1. The van der Waals surface area contributed by atoms with Crippen LogP contribution in [0.15, 0.2) is 72.8 Å². The molecule has 0 aliphatic heterocycles. The summed E-state index contributed by atoms with van der Waals surface area (Å²) >= 11 is 0. The van der Waals surface area contributed by atoms with Crippen molar-refractivity contribution in [3.8, 4) is 5.69 Å². The smallest absolute Gasteiger partial charge is 0.338 e. The van der Waals surface area contributed by atoms with Crippen LogP contribution < -0.4 is 5.32 Å². The second kappa shape index (κ2) is 8.79. The van der Waals surface area contributed by atoms with E-state index in [2.05, 4.69) is 10.3 Å². The summed E-state index contributed by atoms with van der Waals surface area (Å²) in [6.07, 6.45) is 0. The van der Waals surface area contributed by atoms with E-state index >= 15 is 0 Å². The Morgan fingerprint density at radius 1 is 1.03 bits per heavy atom. The van der Waals surface area contributed by atoms with E-state index in [0.29, 0.717) is 16.6 Å². The Bertz CT molecular complexity index is 1250. The lowest BCUT2D eigenvalue weighted by molar-refractivity contribution is -0.124. The van der Waals surface area contributed by atoms with Crippen molar-refractivity contribution in [2.45, 2.75) is 13.5 Å². The van der Waals surface area contributed by atoms with Crippen LogP contribution in [0.1, 0.15) is 21.7 Å². The molecule has 4 aromatic rings. The number of carbonyl (C=O) groups excluding carboxylic acids is 2. The minimum absolute atomic E-state index is 0.0191. The van der Waals surface area contributed by atoms with Crippen LogP contribution in [0.2, 0.25) is 0 Å². The van der Waals surface area contributed by atoms with Gasteiger partial charge < -0.3 is 10.1 Å². The first-order valence-electron chi connectivity index (χ1n) is 9.74. The summed E-state index contributed by atoms with van der Waals surface area (Å²) in [6, 6.07) is 21.0. The van der Waals surface area contributed by atoms with Crippen LogP contribution in [0.4, 0.5) is 4.39 Å². The molecule has 0 unspecified atom stereocenters. The van der Waals surface area contributed by atoms with Gasteiger partial charge >= 0.3 is 5.97 Å². The van der Waals surface area contributed by atoms with Crippen molar-refractivity contribution in [3.63, 3.8) is 0 Å². The number of ether oxygens (including phenoxy) is 1. The summed E-state index contributed by atoms with van der Waals surface area (Å²) in [5.74, 6) is -0.755. The largest absolute Gasteiger partial charge is 0.452 e. The molecular weight excluding hydrogens is 397 g/mol. The van der Waals surface area contributed by atoms with Crippen LogP contribution >= 0.6 is 0 Å². The minimum atomic E-state index is -0.630. The lowest BCUT2D eigenvalue weighted by Crippen LogP contribution is -2.28. The number of imidazole rings is 1. The van der Waals surface area contributed by atoms with Gasteiger partial charge in [0.15, 0.2) is 6.61 Å². The fourth-order valence-electron chi connectivity index (χ4n) is 3.33. The summed E-state index contributed by atoms with van der Waals surface area (Å²) in [4.78, 5) is 28.9. The van der Waals surface area contributed by atoms with Crippen LogP contribution in [0.5, 0.6) is 0 Å². The molecule has 156 valence electrons. The predicted molar refractivity (Wildman–Crippen MR) is 114 cm³/mol. The highest BCUT2D eigenvalue weighted by atomic mass is 19.1. The zero-order valence-corrected chi connectivity index (χ0v) is 16.8. The molecule has 6 nitrogen and oxygen atoms in total. The van der Waals surface area contributed by atoms with E-state index in [1.54, 1.807) is 36.4 Å². The third kappa shape index (κ3) is 4.45. The number of benzene rings is 3. The van der Waals surface area contributed by atoms with Gasteiger partial charge in [0.25, 0.3) is 5.91 Å². The molecule has 0 atom stereocenters. The molecule has 0 bridgehead atoms. The van der Waals surface area contributed by atoms with Gasteiger partial charge in [-0.05, 0) is 43.3 Å². The van der Waals surface area contributed by atoms with E-state index < -0.39 is 24.3 Å². The van der Waals surface area contributed by atoms with Gasteiger partial charge in [0.2, 0.25) is 0 Å². The number of rotatable bonds is 6. The number of halogens is 1. The summed E-state index contributed by atoms with van der Waals surface area (Å²) < 4.78 is 20.7. The highest BCUT2D eigenvalue weighted by Crippen LogP contribution is 2.22. The van der Waals surface area contributed by atoms with Crippen LogP contribution in [-0.4, -0.2) is 28.0 Å². The van der Waals surface area contributed by atoms with Crippen LogP contribution in [0, 0.1) is 12.7 Å². The first-order valence-corrected chi connectivity index (χ1v) is 9.74. The Labute approximate surface area is 178 Å². The number of aromatic nitrogens is 2. The maximum Gasteiger partial charge on any atom is 0.338 e. The summed E-state index contributed by atoms with van der Waals surface area (Å²) in [5, 5.41) is 2.53. The van der Waals surface area contributed by atoms with Crippen molar-refractivity contribution in [1.29, 1.82) is 0 Å². The number of amides is 1. The van der Waals surface area contributed by atoms with E-state index in [1.807, 2.05) is 41.8 Å². The molecule has 1 amide bonds. The zero-order valence-electron chi connectivity index (χ0n) is 16.8. The van der Waals surface area contributed by atoms with Gasteiger partial charge in [-0.2, -0.15) is 0 Å². The lowest BCUT2D eigenvalue weighted by atomic mass is 10.2. The Hall–Kier alpha value is -4.00. The van der Waals surface area contributed by atoms with Crippen LogP contribution in [-0.2, 0) is 16.1 Å². The van der Waals surface area contributed by atoms with Crippen molar-refractivity contribution in [2.24, 2.45) is 0 Å². The summed E-state index contributed by atoms with van der Waals surface area (Å²) in [5.41, 5.74) is 3.15. The SMILES string of the molecule is Cc1nc2cc(C(=O)OCC(=O)NCc3ccccc3F)ccc2n1-c1ccccc1. The maximum absolute atomic E-state index is 13.6. The van der Waals surface area contributed by atoms with E-state index in [9.17, 15) is 14.0 Å². The number of hydrogen-bond acceptors (Lipinski definition) is 4. The second-order valence-corrected chi connectivity index (χ2v) is 6.98. The lowest BCUT2D eigenvalue weighted by Gasteiger charge is -2.08. The molecule has 1 N–H and O–H groups in total. The number of para-hydroxylation sites is 1. The van der Waals surface area contributed by atoms with Gasteiger partial charge in [0.05, 0.1) is 16.6 Å². The predicted octanol–water partition coefficient (Wildman–Crippen LogP) is 3.95. The van der Waals surface area contributed by atoms with Crippen molar-refractivity contribution in [3.05, 3.63) is 95.6 Å². The first kappa shape index (κ1) is 20.3. The number of nitrogens with zero attached hydrogens (tertiary/aromatic N) is 2. The normalized spacial score (nSPS) is 10.8. The third-order valence-electron chi connectivity index (χ3n) is 4.84. The Balaban J connectivity index is 1.41. The molecule has 1 aromatic heterocycles. The number of nitrogens with one attached hydrogen (secondary N) is 1. The highest BCUT2D eigenvalue weighted by molar-refractivity contribution is 5.95. The van der Waals surface area contributed by atoms with Crippen molar-refractivity contribution < 1.29 is 18.7 Å². The van der Waals surface area contributed by atoms with Gasteiger partial charge in [-0.15, -0.1) is 0 Å². The van der Waals surface area contributed by atoms with Gasteiger partial charge in [-0.3, -0.25) is 9.36 Å². The monoisotopic (exact) mass is 417 g/mol. The molecule has 31 heavy (non-hydrogen) atoms. The van der Waals surface area contributed by atoms with Gasteiger partial charge in [-0.1, -0.05) is 36.4 Å². The molecule has 7 heteroatoms. The molecule has 0 radical (unpaired) electrons. The zero-order chi connectivity index (χ0) is 21.8. The minimum Gasteiger partial charge on any atom is -0.452 e. The molecule has 0 aliphatic rings. The number of carbonyl (C=O) groups is 2. The summed E-state index contributed by atoms with van der Waals surface area (Å²) in [7, 11) is 0. The van der Waals surface area contributed by atoms with Crippen LogP contribution in [0.3, 0.4) is 0 Å². The van der Waals surface area contributed by atoms with Crippen molar-refractivity contribution in [1.82, 2.24) is 14.9 Å². The average molecular weight is 417 g/mol. The van der Waals surface area contributed by atoms with E-state index in [0.717, 1.165) is 17.0 Å². The second-order valence-electron chi connectivity index (χ2n) is 6.98. The van der Waals surface area contributed by atoms with E-state index in [4.69, 9.17) is 4.74 Å². The average Bonchev–Trinajstić information content (AvgIpc) is 3.12. The van der Waals surface area contributed by atoms with E-state index in [-0.39, 0.29) is 6.54 Å². The van der Waals surface area contributed by atoms with Crippen molar-refractivity contribution in [2.75, 3.05) is 6.61 Å². The molecule has 0 fully saturated rings. The highest BCUT2D eigenvalue weighted by Gasteiger charge is 2.15. The molecule has 0 saturated heterocycles. The fourth-order valence-corrected chi connectivity index (χ4v) is 3.33. The standard InChI is InChI=1S/C24H20FN3O3/c1-16-27-21-13-17(11-12-22(21)28(16)19-8-3-2-4-9-19)24(30)31-15-23(29)26-14-18-7-5-6-10-20(18)25/h2-13H,14-15H2,1H3,(H,26,29). The molecule has 4 rings (SSSR count). The molecule has 1 heterocycles. The Morgan fingerprint density at radius 3 is 2.55 bits per heavy atom. The van der Waals surface area contributed by atoms with Gasteiger partial charge in [0.1, 0.15) is 11.6 Å². The molecule has 0 spiro atoms. The summed E-state index contributed by atoms with van der Waals surface area (Å²) in [6.45, 7) is 1.46. The Morgan fingerprint density at radius 2 is 1.77 bits per heavy atom. The molecule has 0 aliphatic carbocycles. The van der Waals surface area contributed by atoms with Crippen molar-refractivity contribution >= 4 is 22.9 Å². The molecule has 0 saturated carbocycles.